The van der Waals surface area contributed by atoms with Crippen LogP contribution < -0.4 is 4.74 Å². The molecule has 2 aromatic carbocycles. The first-order valence-corrected chi connectivity index (χ1v) is 11.3. The van der Waals surface area contributed by atoms with Gasteiger partial charge in [0.15, 0.2) is 0 Å². The molecule has 0 radical (unpaired) electrons. The molecular weight excluding hydrogens is 466 g/mol. The number of methoxy groups -OCH3 is 2. The summed E-state index contributed by atoms with van der Waals surface area (Å²) in [6.07, 6.45) is 7.15. The van der Waals surface area contributed by atoms with Crippen LogP contribution in [0.3, 0.4) is 0 Å². The molecule has 0 spiro atoms. The van der Waals surface area contributed by atoms with Gasteiger partial charge in [-0.3, -0.25) is 0 Å². The lowest BCUT2D eigenvalue weighted by molar-refractivity contribution is 0.302. The zero-order valence-corrected chi connectivity index (χ0v) is 19.8. The molecule has 4 aromatic rings. The average Bonchev–Trinajstić information content (AvgIpc) is 3.43. The number of allylic oxidation sites excluding steroid dienone is 3. The number of fused-ring (bicyclic) bond motifs is 1. The number of hydrogen-bond acceptors (Lipinski definition) is 3. The predicted molar refractivity (Wildman–Crippen MR) is 132 cm³/mol. The molecule has 0 amide bonds. The molecule has 32 heavy (non-hydrogen) atoms. The van der Waals surface area contributed by atoms with Gasteiger partial charge in [0.2, 0.25) is 0 Å². The summed E-state index contributed by atoms with van der Waals surface area (Å²) in [5, 5.41) is 1.11. The third-order valence-electron chi connectivity index (χ3n) is 5.97. The van der Waals surface area contributed by atoms with Gasteiger partial charge in [-0.1, -0.05) is 35.0 Å². The van der Waals surface area contributed by atoms with Crippen molar-refractivity contribution in [3.8, 4) is 28.4 Å². The standard InChI is InChI=1S/C26H24BrN3O2/c1-15-7-9-19(32-3)13-20(15)25-24(16-5-4-6-18(11-16)31-2)29-26(30-25)22-14-28-23-10-8-17(27)12-21(22)23/h4-6,8-15,28H,7H2,1-3H3,(H,29,30). The monoisotopic (exact) mass is 489 g/mol. The molecule has 0 aliphatic heterocycles. The number of aromatic nitrogens is 3. The van der Waals surface area contributed by atoms with Gasteiger partial charge in [-0.15, -0.1) is 0 Å². The Morgan fingerprint density at radius 1 is 1.09 bits per heavy atom. The van der Waals surface area contributed by atoms with Gasteiger partial charge >= 0.3 is 0 Å². The summed E-state index contributed by atoms with van der Waals surface area (Å²) in [5.41, 5.74) is 6.19. The largest absolute Gasteiger partial charge is 0.497 e. The van der Waals surface area contributed by atoms with E-state index in [4.69, 9.17) is 14.5 Å². The number of nitrogens with zero attached hydrogens (tertiary/aromatic N) is 1. The Morgan fingerprint density at radius 3 is 2.78 bits per heavy atom. The Hall–Kier alpha value is -3.25. The highest BCUT2D eigenvalue weighted by Gasteiger charge is 2.24. The second kappa shape index (κ2) is 8.36. The van der Waals surface area contributed by atoms with Crippen LogP contribution in [-0.4, -0.2) is 29.2 Å². The molecule has 2 N–H and O–H groups in total. The number of H-pyrrole nitrogens is 2. The van der Waals surface area contributed by atoms with Gasteiger partial charge < -0.3 is 19.4 Å². The Morgan fingerprint density at radius 2 is 1.97 bits per heavy atom. The summed E-state index contributed by atoms with van der Waals surface area (Å²) in [7, 11) is 3.39. The maximum Gasteiger partial charge on any atom is 0.140 e. The van der Waals surface area contributed by atoms with Crippen molar-refractivity contribution >= 4 is 32.4 Å². The Balaban J connectivity index is 1.73. The maximum atomic E-state index is 5.54. The summed E-state index contributed by atoms with van der Waals surface area (Å²) in [5.74, 6) is 2.83. The molecule has 1 aliphatic rings. The lowest BCUT2D eigenvalue weighted by Gasteiger charge is -2.19. The summed E-state index contributed by atoms with van der Waals surface area (Å²) in [6, 6.07) is 14.3. The van der Waals surface area contributed by atoms with E-state index >= 15 is 0 Å². The fraction of sp³-hybridized carbons (Fsp3) is 0.192. The van der Waals surface area contributed by atoms with E-state index in [0.717, 1.165) is 67.2 Å². The van der Waals surface area contributed by atoms with Crippen LogP contribution in [0.15, 0.2) is 71.0 Å². The van der Waals surface area contributed by atoms with Crippen molar-refractivity contribution in [2.45, 2.75) is 13.3 Å². The van der Waals surface area contributed by atoms with E-state index in [-0.39, 0.29) is 0 Å². The molecule has 162 valence electrons. The number of ether oxygens (including phenoxy) is 2. The molecule has 0 saturated heterocycles. The van der Waals surface area contributed by atoms with Crippen LogP contribution in [0.4, 0.5) is 0 Å². The molecule has 1 unspecified atom stereocenters. The molecule has 5 rings (SSSR count). The molecule has 0 saturated carbocycles. The highest BCUT2D eigenvalue weighted by atomic mass is 79.9. The molecule has 2 aromatic heterocycles. The number of hydrogen-bond donors (Lipinski definition) is 2. The van der Waals surface area contributed by atoms with Crippen LogP contribution in [0.5, 0.6) is 5.75 Å². The minimum absolute atomic E-state index is 0.325. The molecule has 0 bridgehead atoms. The topological polar surface area (TPSA) is 62.9 Å². The molecular formula is C26H24BrN3O2. The number of imidazole rings is 1. The minimum atomic E-state index is 0.325. The van der Waals surface area contributed by atoms with Crippen molar-refractivity contribution < 1.29 is 9.47 Å². The summed E-state index contributed by atoms with van der Waals surface area (Å²) in [6.45, 7) is 2.22. The van der Waals surface area contributed by atoms with Crippen molar-refractivity contribution in [3.63, 3.8) is 0 Å². The van der Waals surface area contributed by atoms with Crippen molar-refractivity contribution in [2.75, 3.05) is 14.2 Å². The molecule has 1 atom stereocenters. The van der Waals surface area contributed by atoms with Gasteiger partial charge in [0.1, 0.15) is 17.3 Å². The molecule has 5 nitrogen and oxygen atoms in total. The SMILES string of the molecule is COC1=CCC(C)C(c2nc(-c3c[nH]c4ccc(Br)cc34)[nH]c2-c2cccc(OC)c2)=C1. The van der Waals surface area contributed by atoms with E-state index in [9.17, 15) is 0 Å². The first-order valence-electron chi connectivity index (χ1n) is 10.5. The van der Waals surface area contributed by atoms with Crippen LogP contribution in [-0.2, 0) is 4.74 Å². The second-order valence-corrected chi connectivity index (χ2v) is 8.90. The van der Waals surface area contributed by atoms with Crippen LogP contribution in [0.2, 0.25) is 0 Å². The normalized spacial score (nSPS) is 16.1. The number of benzene rings is 2. The smallest absolute Gasteiger partial charge is 0.140 e. The van der Waals surface area contributed by atoms with E-state index in [0.29, 0.717) is 5.92 Å². The van der Waals surface area contributed by atoms with Crippen molar-refractivity contribution in [3.05, 3.63) is 76.7 Å². The minimum Gasteiger partial charge on any atom is -0.497 e. The Bertz CT molecular complexity index is 1360. The zero-order chi connectivity index (χ0) is 22.2. The lowest BCUT2D eigenvalue weighted by Crippen LogP contribution is -2.05. The van der Waals surface area contributed by atoms with Gasteiger partial charge in [-0.05, 0) is 60.4 Å². The molecule has 1 aliphatic carbocycles. The number of halogens is 1. The summed E-state index contributed by atoms with van der Waals surface area (Å²) >= 11 is 3.59. The van der Waals surface area contributed by atoms with Gasteiger partial charge in [0, 0.05) is 32.7 Å². The summed E-state index contributed by atoms with van der Waals surface area (Å²) in [4.78, 5) is 12.1. The zero-order valence-electron chi connectivity index (χ0n) is 18.2. The fourth-order valence-corrected chi connectivity index (χ4v) is 4.57. The summed E-state index contributed by atoms with van der Waals surface area (Å²) < 4.78 is 12.1. The third-order valence-corrected chi connectivity index (χ3v) is 6.46. The molecule has 6 heteroatoms. The Labute approximate surface area is 195 Å². The average molecular weight is 490 g/mol. The van der Waals surface area contributed by atoms with Crippen LogP contribution >= 0.6 is 15.9 Å². The molecule has 0 fully saturated rings. The highest BCUT2D eigenvalue weighted by molar-refractivity contribution is 9.10. The van der Waals surface area contributed by atoms with Gasteiger partial charge in [-0.2, -0.15) is 0 Å². The van der Waals surface area contributed by atoms with E-state index in [2.05, 4.69) is 63.2 Å². The van der Waals surface area contributed by atoms with Crippen LogP contribution in [0.25, 0.3) is 39.1 Å². The van der Waals surface area contributed by atoms with Crippen LogP contribution in [0, 0.1) is 5.92 Å². The van der Waals surface area contributed by atoms with Gasteiger partial charge in [0.05, 0.1) is 25.6 Å². The Kier molecular flexibility index (Phi) is 5.39. The van der Waals surface area contributed by atoms with Gasteiger partial charge in [0.25, 0.3) is 0 Å². The van der Waals surface area contributed by atoms with Crippen molar-refractivity contribution in [2.24, 2.45) is 5.92 Å². The fourth-order valence-electron chi connectivity index (χ4n) is 4.20. The maximum absolute atomic E-state index is 5.54. The van der Waals surface area contributed by atoms with Crippen molar-refractivity contribution in [1.29, 1.82) is 0 Å². The van der Waals surface area contributed by atoms with E-state index in [1.807, 2.05) is 30.5 Å². The first kappa shape index (κ1) is 20.6. The third kappa shape index (κ3) is 3.65. The van der Waals surface area contributed by atoms with Crippen molar-refractivity contribution in [1.82, 2.24) is 15.0 Å². The van der Waals surface area contributed by atoms with E-state index in [1.165, 1.54) is 0 Å². The van der Waals surface area contributed by atoms with Gasteiger partial charge in [-0.25, -0.2) is 4.98 Å². The first-order chi connectivity index (χ1) is 15.6. The van der Waals surface area contributed by atoms with Crippen LogP contribution in [0.1, 0.15) is 19.0 Å². The number of aromatic amines is 2. The quantitative estimate of drug-likeness (QED) is 0.318. The highest BCUT2D eigenvalue weighted by Crippen LogP contribution is 2.39. The lowest BCUT2D eigenvalue weighted by atomic mass is 9.88. The molecule has 2 heterocycles. The van der Waals surface area contributed by atoms with E-state index in [1.54, 1.807) is 14.2 Å². The second-order valence-electron chi connectivity index (χ2n) is 7.98. The number of nitrogens with one attached hydrogen (secondary N) is 2. The number of rotatable bonds is 5. The predicted octanol–water partition coefficient (Wildman–Crippen LogP) is 6.95. The van der Waals surface area contributed by atoms with E-state index < -0.39 is 0 Å².